The third kappa shape index (κ3) is 4.23. The molecule has 2 N–H and O–H groups in total. The summed E-state index contributed by atoms with van der Waals surface area (Å²) in [7, 11) is 3.38. The maximum Gasteiger partial charge on any atom is 0.253 e. The number of carbonyl (C=O) groups is 1. The number of nitrogens with zero attached hydrogens (tertiary/aromatic N) is 1. The quantitative estimate of drug-likeness (QED) is 0.721. The molecule has 3 aromatic carbocycles. The Balaban J connectivity index is 0.000000167. The van der Waals surface area contributed by atoms with Gasteiger partial charge in [-0.3, -0.25) is 4.79 Å². The van der Waals surface area contributed by atoms with E-state index >= 15 is 0 Å². The Bertz CT molecular complexity index is 790. The van der Waals surface area contributed by atoms with E-state index in [-0.39, 0.29) is 11.7 Å². The van der Waals surface area contributed by atoms with Gasteiger partial charge in [0.25, 0.3) is 5.91 Å². The van der Waals surface area contributed by atoms with E-state index in [2.05, 4.69) is 0 Å². The number of amides is 1. The Morgan fingerprint density at radius 2 is 1.43 bits per heavy atom. The number of fused-ring (bicyclic) bond motifs is 1. The number of carbonyl (C=O) groups excluding carboxylic acids is 1. The van der Waals surface area contributed by atoms with Crippen molar-refractivity contribution in [1.29, 1.82) is 0 Å². The molecule has 0 saturated carbocycles. The lowest BCUT2D eigenvalue weighted by Gasteiger charge is -2.09. The molecule has 3 rings (SSSR count). The molecule has 23 heavy (non-hydrogen) atoms. The monoisotopic (exact) mass is 309 g/mol. The van der Waals surface area contributed by atoms with Crippen molar-refractivity contribution in [3.63, 3.8) is 0 Å². The Morgan fingerprint density at radius 1 is 0.826 bits per heavy atom. The van der Waals surface area contributed by atoms with Crippen LogP contribution in [0.15, 0.2) is 66.7 Å². The van der Waals surface area contributed by atoms with E-state index in [9.17, 15) is 9.90 Å². The largest absolute Gasteiger partial charge is 0.508 e. The molecular formula is C19H19NO3. The maximum atomic E-state index is 11.3. The van der Waals surface area contributed by atoms with Gasteiger partial charge in [-0.15, -0.1) is 0 Å². The van der Waals surface area contributed by atoms with Crippen LogP contribution >= 0.6 is 0 Å². The topological polar surface area (TPSA) is 60.8 Å². The van der Waals surface area contributed by atoms with Gasteiger partial charge in [0.05, 0.1) is 0 Å². The average Bonchev–Trinajstić information content (AvgIpc) is 2.56. The van der Waals surface area contributed by atoms with Crippen molar-refractivity contribution in [3.05, 3.63) is 72.3 Å². The fourth-order valence-corrected chi connectivity index (χ4v) is 2.07. The first-order valence-corrected chi connectivity index (χ1v) is 7.16. The minimum absolute atomic E-state index is 0.0602. The average molecular weight is 309 g/mol. The molecular weight excluding hydrogens is 290 g/mol. The standard InChI is InChI=1S/C10H8O.C9H11NO2/c11-10-7-3-5-8-4-1-2-6-9(8)10;1-10(2)9(12)7-3-5-8(11)6-4-7/h1-7,11H;3-6,11H,1-2H3. The molecule has 0 unspecified atom stereocenters. The van der Waals surface area contributed by atoms with Crippen LogP contribution < -0.4 is 0 Å². The van der Waals surface area contributed by atoms with Gasteiger partial charge in [0.2, 0.25) is 0 Å². The van der Waals surface area contributed by atoms with Crippen LogP contribution in [-0.4, -0.2) is 35.1 Å². The zero-order valence-corrected chi connectivity index (χ0v) is 13.1. The minimum atomic E-state index is -0.0602. The molecule has 0 bridgehead atoms. The second-order valence-corrected chi connectivity index (χ2v) is 5.24. The van der Waals surface area contributed by atoms with Gasteiger partial charge in [-0.05, 0) is 35.7 Å². The highest BCUT2D eigenvalue weighted by atomic mass is 16.3. The number of hydrogen-bond donors (Lipinski definition) is 2. The van der Waals surface area contributed by atoms with Crippen LogP contribution in [0, 0.1) is 0 Å². The van der Waals surface area contributed by atoms with Crippen molar-refractivity contribution < 1.29 is 15.0 Å². The number of phenols is 2. The van der Waals surface area contributed by atoms with Crippen LogP contribution in [0.4, 0.5) is 0 Å². The van der Waals surface area contributed by atoms with E-state index in [0.29, 0.717) is 11.3 Å². The van der Waals surface area contributed by atoms with E-state index in [0.717, 1.165) is 10.8 Å². The number of benzene rings is 3. The smallest absolute Gasteiger partial charge is 0.253 e. The van der Waals surface area contributed by atoms with Crippen LogP contribution in [0.1, 0.15) is 10.4 Å². The van der Waals surface area contributed by atoms with Gasteiger partial charge in [-0.25, -0.2) is 0 Å². The first kappa shape index (κ1) is 16.4. The summed E-state index contributed by atoms with van der Waals surface area (Å²) in [6.45, 7) is 0. The highest BCUT2D eigenvalue weighted by molar-refractivity contribution is 5.93. The highest BCUT2D eigenvalue weighted by Gasteiger charge is 2.06. The maximum absolute atomic E-state index is 11.3. The zero-order valence-electron chi connectivity index (χ0n) is 13.1. The molecule has 0 aliphatic rings. The number of rotatable bonds is 1. The van der Waals surface area contributed by atoms with Gasteiger partial charge in [-0.1, -0.05) is 36.4 Å². The zero-order chi connectivity index (χ0) is 16.8. The molecule has 0 radical (unpaired) electrons. The summed E-state index contributed by atoms with van der Waals surface area (Å²) in [5, 5.41) is 20.3. The van der Waals surface area contributed by atoms with E-state index in [1.807, 2.05) is 36.4 Å². The van der Waals surface area contributed by atoms with Crippen molar-refractivity contribution in [2.24, 2.45) is 0 Å². The van der Waals surface area contributed by atoms with Crippen LogP contribution in [-0.2, 0) is 0 Å². The molecule has 0 aromatic heterocycles. The van der Waals surface area contributed by atoms with Gasteiger partial charge in [-0.2, -0.15) is 0 Å². The summed E-state index contributed by atoms with van der Waals surface area (Å²) >= 11 is 0. The predicted molar refractivity (Wildman–Crippen MR) is 91.7 cm³/mol. The van der Waals surface area contributed by atoms with Crippen LogP contribution in [0.3, 0.4) is 0 Å². The van der Waals surface area contributed by atoms with Gasteiger partial charge >= 0.3 is 0 Å². The third-order valence-corrected chi connectivity index (χ3v) is 3.29. The number of phenolic OH excluding ortho intramolecular Hbond substituents is 2. The van der Waals surface area contributed by atoms with E-state index in [4.69, 9.17) is 5.11 Å². The Labute approximate surface area is 135 Å². The molecule has 0 aliphatic heterocycles. The van der Waals surface area contributed by atoms with Gasteiger partial charge < -0.3 is 15.1 Å². The van der Waals surface area contributed by atoms with E-state index < -0.39 is 0 Å². The van der Waals surface area contributed by atoms with E-state index in [1.165, 1.54) is 17.0 Å². The molecule has 0 heterocycles. The summed E-state index contributed by atoms with van der Waals surface area (Å²) in [6, 6.07) is 19.5. The van der Waals surface area contributed by atoms with E-state index in [1.54, 1.807) is 32.3 Å². The second-order valence-electron chi connectivity index (χ2n) is 5.24. The Hall–Kier alpha value is -3.01. The summed E-state index contributed by atoms with van der Waals surface area (Å²) in [6.07, 6.45) is 0. The highest BCUT2D eigenvalue weighted by Crippen LogP contribution is 2.22. The Morgan fingerprint density at radius 3 is 2.04 bits per heavy atom. The van der Waals surface area contributed by atoms with Crippen molar-refractivity contribution in [1.82, 2.24) is 4.90 Å². The SMILES string of the molecule is CN(C)C(=O)c1ccc(O)cc1.Oc1cccc2ccccc12. The minimum Gasteiger partial charge on any atom is -0.508 e. The first-order chi connectivity index (χ1) is 11.0. The van der Waals surface area contributed by atoms with Crippen molar-refractivity contribution in [2.45, 2.75) is 0 Å². The van der Waals surface area contributed by atoms with Gasteiger partial charge in [0.15, 0.2) is 0 Å². The molecule has 1 amide bonds. The van der Waals surface area contributed by atoms with Crippen molar-refractivity contribution in [2.75, 3.05) is 14.1 Å². The molecule has 4 heteroatoms. The first-order valence-electron chi connectivity index (χ1n) is 7.16. The van der Waals surface area contributed by atoms with Crippen LogP contribution in [0.2, 0.25) is 0 Å². The fourth-order valence-electron chi connectivity index (χ4n) is 2.07. The second kappa shape index (κ2) is 7.31. The molecule has 3 aromatic rings. The molecule has 0 spiro atoms. The summed E-state index contributed by atoms with van der Waals surface area (Å²) in [5.74, 6) is 0.461. The summed E-state index contributed by atoms with van der Waals surface area (Å²) < 4.78 is 0. The molecule has 118 valence electrons. The molecule has 0 fully saturated rings. The van der Waals surface area contributed by atoms with Crippen LogP contribution in [0.25, 0.3) is 10.8 Å². The normalized spacial score (nSPS) is 9.83. The molecule has 4 nitrogen and oxygen atoms in total. The van der Waals surface area contributed by atoms with Gasteiger partial charge in [0, 0.05) is 25.0 Å². The Kier molecular flexibility index (Phi) is 5.20. The fraction of sp³-hybridized carbons (Fsp3) is 0.105. The molecule has 0 atom stereocenters. The number of aromatic hydroxyl groups is 2. The van der Waals surface area contributed by atoms with Crippen LogP contribution in [0.5, 0.6) is 11.5 Å². The van der Waals surface area contributed by atoms with Crippen molar-refractivity contribution >= 4 is 16.7 Å². The van der Waals surface area contributed by atoms with Crippen molar-refractivity contribution in [3.8, 4) is 11.5 Å². The molecule has 0 saturated heterocycles. The molecule has 0 aliphatic carbocycles. The van der Waals surface area contributed by atoms with Gasteiger partial charge in [0.1, 0.15) is 11.5 Å². The predicted octanol–water partition coefficient (Wildman–Crippen LogP) is 3.64. The lowest BCUT2D eigenvalue weighted by molar-refractivity contribution is 0.0827. The summed E-state index contributed by atoms with van der Waals surface area (Å²) in [5.41, 5.74) is 0.581. The summed E-state index contributed by atoms with van der Waals surface area (Å²) in [4.78, 5) is 12.8. The lowest BCUT2D eigenvalue weighted by Crippen LogP contribution is -2.21. The number of hydrogen-bond acceptors (Lipinski definition) is 3. The lowest BCUT2D eigenvalue weighted by atomic mass is 10.1. The third-order valence-electron chi connectivity index (χ3n) is 3.29.